The molecular formula is C31H35N5O5. The van der Waals surface area contributed by atoms with Crippen LogP contribution in [0, 0.1) is 0 Å². The first-order valence-corrected chi connectivity index (χ1v) is 14.3. The predicted molar refractivity (Wildman–Crippen MR) is 151 cm³/mol. The number of H-pyrrole nitrogens is 1. The Morgan fingerprint density at radius 1 is 1.00 bits per heavy atom. The lowest BCUT2D eigenvalue weighted by molar-refractivity contribution is -0.135. The fourth-order valence-corrected chi connectivity index (χ4v) is 5.90. The lowest BCUT2D eigenvalue weighted by Gasteiger charge is -2.38. The smallest absolute Gasteiger partial charge is 0.274 e. The molecule has 10 heteroatoms. The van der Waals surface area contributed by atoms with E-state index in [9.17, 15) is 14.4 Å². The SMILES string of the molecule is CN1CC(=O)N[C@H]2CN(C(=O)c3n[nH]c4c3CCC4)CC[C@H]2OCc2cccc(c2)Oc2cccc(c2)CCC1=O. The molecule has 10 nitrogen and oxygen atoms in total. The minimum Gasteiger partial charge on any atom is -0.457 e. The molecule has 2 N–H and O–H groups in total. The Morgan fingerprint density at radius 2 is 1.78 bits per heavy atom. The van der Waals surface area contributed by atoms with Crippen molar-refractivity contribution in [1.29, 1.82) is 0 Å². The van der Waals surface area contributed by atoms with Gasteiger partial charge in [-0.25, -0.2) is 0 Å². The predicted octanol–water partition coefficient (Wildman–Crippen LogP) is 3.01. The normalized spacial score (nSPS) is 21.7. The van der Waals surface area contributed by atoms with Crippen LogP contribution in [0.2, 0.25) is 0 Å². The quantitative estimate of drug-likeness (QED) is 0.475. The Hall–Kier alpha value is -4.18. The third-order valence-corrected chi connectivity index (χ3v) is 8.12. The summed E-state index contributed by atoms with van der Waals surface area (Å²) >= 11 is 0. The van der Waals surface area contributed by atoms with Crippen molar-refractivity contribution in [3.05, 3.63) is 76.6 Å². The Kier molecular flexibility index (Phi) is 7.74. The van der Waals surface area contributed by atoms with E-state index in [0.29, 0.717) is 49.7 Å². The summed E-state index contributed by atoms with van der Waals surface area (Å²) in [6.45, 7) is 1.04. The van der Waals surface area contributed by atoms with Crippen LogP contribution in [0.5, 0.6) is 11.5 Å². The molecule has 2 atom stereocenters. The van der Waals surface area contributed by atoms with Crippen molar-refractivity contribution in [3.63, 3.8) is 0 Å². The molecule has 214 valence electrons. The maximum absolute atomic E-state index is 13.5. The van der Waals surface area contributed by atoms with Gasteiger partial charge in [0.25, 0.3) is 5.91 Å². The molecule has 41 heavy (non-hydrogen) atoms. The van der Waals surface area contributed by atoms with E-state index in [1.165, 1.54) is 4.90 Å². The molecule has 1 saturated heterocycles. The second-order valence-electron chi connectivity index (χ2n) is 11.1. The second-order valence-corrected chi connectivity index (χ2v) is 11.1. The van der Waals surface area contributed by atoms with Gasteiger partial charge >= 0.3 is 0 Å². The van der Waals surface area contributed by atoms with Crippen LogP contribution in [-0.4, -0.2) is 76.5 Å². The maximum Gasteiger partial charge on any atom is 0.274 e. The molecule has 1 fully saturated rings. The third kappa shape index (κ3) is 6.12. The lowest BCUT2D eigenvalue weighted by atomic mass is 10.0. The zero-order valence-corrected chi connectivity index (χ0v) is 23.2. The number of ether oxygens (including phenoxy) is 2. The number of fused-ring (bicyclic) bond motifs is 6. The Balaban J connectivity index is 1.22. The van der Waals surface area contributed by atoms with Gasteiger partial charge < -0.3 is 24.6 Å². The molecule has 1 aliphatic carbocycles. The van der Waals surface area contributed by atoms with Crippen molar-refractivity contribution in [1.82, 2.24) is 25.3 Å². The minimum absolute atomic E-state index is 0.0753. The summed E-state index contributed by atoms with van der Waals surface area (Å²) in [7, 11) is 1.63. The number of likely N-dealkylation sites (N-methyl/N-ethyl adjacent to an activating group) is 1. The molecule has 0 spiro atoms. The molecule has 6 rings (SSSR count). The van der Waals surface area contributed by atoms with Crippen LogP contribution in [0.25, 0.3) is 0 Å². The monoisotopic (exact) mass is 557 g/mol. The topological polar surface area (TPSA) is 117 Å². The highest BCUT2D eigenvalue weighted by Crippen LogP contribution is 2.27. The van der Waals surface area contributed by atoms with Crippen LogP contribution >= 0.6 is 0 Å². The van der Waals surface area contributed by atoms with E-state index in [2.05, 4.69) is 15.5 Å². The van der Waals surface area contributed by atoms with Crippen molar-refractivity contribution in [3.8, 4) is 11.5 Å². The van der Waals surface area contributed by atoms with Crippen LogP contribution in [-0.2, 0) is 40.2 Å². The largest absolute Gasteiger partial charge is 0.457 e. The van der Waals surface area contributed by atoms with Gasteiger partial charge in [-0.15, -0.1) is 0 Å². The Bertz CT molecular complexity index is 1450. The number of nitrogens with zero attached hydrogens (tertiary/aromatic N) is 3. The van der Waals surface area contributed by atoms with Gasteiger partial charge in [0.05, 0.1) is 25.3 Å². The fraction of sp³-hybridized carbons (Fsp3) is 0.419. The van der Waals surface area contributed by atoms with Crippen LogP contribution in [0.15, 0.2) is 48.5 Å². The molecule has 3 amide bonds. The number of aromatic nitrogens is 2. The number of carbonyl (C=O) groups is 3. The van der Waals surface area contributed by atoms with E-state index in [1.54, 1.807) is 11.9 Å². The standard InChI is InChI=1S/C31H35N5O5/c1-35-18-28(37)32-26-17-36(31(39)30-24-9-4-10-25(24)33-34-30)14-13-27(26)40-19-21-6-3-8-23(16-21)41-22-7-2-5-20(15-22)11-12-29(35)38/h2-3,5-8,15-16,26-27H,4,9-14,17-19H2,1H3,(H,32,37)(H,33,34)/t26-,27+/m0/s1. The summed E-state index contributed by atoms with van der Waals surface area (Å²) in [6, 6.07) is 15.0. The van der Waals surface area contributed by atoms with Crippen molar-refractivity contribution in [2.45, 2.75) is 57.3 Å². The molecule has 0 unspecified atom stereocenters. The molecule has 4 bridgehead atoms. The van der Waals surface area contributed by atoms with E-state index in [-0.39, 0.29) is 36.8 Å². The van der Waals surface area contributed by atoms with Crippen molar-refractivity contribution < 1.29 is 23.9 Å². The number of piperidine rings is 1. The minimum atomic E-state index is -0.436. The van der Waals surface area contributed by atoms with Crippen molar-refractivity contribution >= 4 is 17.7 Å². The van der Waals surface area contributed by atoms with Gasteiger partial charge in [-0.3, -0.25) is 19.5 Å². The number of amides is 3. The number of aromatic amines is 1. The van der Waals surface area contributed by atoms with Crippen molar-refractivity contribution in [2.75, 3.05) is 26.7 Å². The van der Waals surface area contributed by atoms with Gasteiger partial charge in [0.2, 0.25) is 11.8 Å². The summed E-state index contributed by atoms with van der Waals surface area (Å²) in [5.41, 5.74) is 4.46. The lowest BCUT2D eigenvalue weighted by Crippen LogP contribution is -2.58. The summed E-state index contributed by atoms with van der Waals surface area (Å²) in [5, 5.41) is 10.4. The summed E-state index contributed by atoms with van der Waals surface area (Å²) in [5.74, 6) is 0.851. The number of rotatable bonds is 1. The van der Waals surface area contributed by atoms with E-state index >= 15 is 0 Å². The molecule has 0 saturated carbocycles. The number of likely N-dealkylation sites (tertiary alicyclic amines) is 1. The number of hydrogen-bond donors (Lipinski definition) is 2. The van der Waals surface area contributed by atoms with Gasteiger partial charge in [-0.05, 0) is 67.5 Å². The number of aryl methyl sites for hydroxylation is 2. The number of carbonyl (C=O) groups excluding carboxylic acids is 3. The number of benzene rings is 2. The summed E-state index contributed by atoms with van der Waals surface area (Å²) in [6.07, 6.45) is 3.83. The third-order valence-electron chi connectivity index (χ3n) is 8.12. The summed E-state index contributed by atoms with van der Waals surface area (Å²) < 4.78 is 12.5. The van der Waals surface area contributed by atoms with Crippen LogP contribution in [0.3, 0.4) is 0 Å². The second kappa shape index (κ2) is 11.7. The van der Waals surface area contributed by atoms with Crippen LogP contribution < -0.4 is 10.1 Å². The first-order chi connectivity index (χ1) is 19.9. The highest BCUT2D eigenvalue weighted by molar-refractivity contribution is 5.94. The molecule has 2 aromatic carbocycles. The fourth-order valence-electron chi connectivity index (χ4n) is 5.90. The average molecular weight is 558 g/mol. The Labute approximate surface area is 239 Å². The zero-order chi connectivity index (χ0) is 28.3. The van der Waals surface area contributed by atoms with Gasteiger partial charge in [0.1, 0.15) is 11.5 Å². The molecule has 3 heterocycles. The van der Waals surface area contributed by atoms with E-state index in [1.807, 2.05) is 48.5 Å². The van der Waals surface area contributed by atoms with Gasteiger partial charge in [0, 0.05) is 37.8 Å². The van der Waals surface area contributed by atoms with Crippen LogP contribution in [0.1, 0.15) is 52.1 Å². The summed E-state index contributed by atoms with van der Waals surface area (Å²) in [4.78, 5) is 42.6. The first-order valence-electron chi connectivity index (χ1n) is 14.3. The zero-order valence-electron chi connectivity index (χ0n) is 23.2. The van der Waals surface area contributed by atoms with Crippen LogP contribution in [0.4, 0.5) is 0 Å². The molecule has 0 radical (unpaired) electrons. The molecule has 3 aromatic rings. The molecule has 3 aliphatic rings. The highest BCUT2D eigenvalue weighted by Gasteiger charge is 2.36. The highest BCUT2D eigenvalue weighted by atomic mass is 16.5. The Morgan fingerprint density at radius 3 is 2.61 bits per heavy atom. The maximum atomic E-state index is 13.5. The number of nitrogens with one attached hydrogen (secondary N) is 2. The molecule has 2 aliphatic heterocycles. The molecule has 1 aromatic heterocycles. The molecular weight excluding hydrogens is 522 g/mol. The van der Waals surface area contributed by atoms with E-state index < -0.39 is 6.04 Å². The van der Waals surface area contributed by atoms with E-state index in [4.69, 9.17) is 9.47 Å². The van der Waals surface area contributed by atoms with Gasteiger partial charge in [-0.1, -0.05) is 24.3 Å². The van der Waals surface area contributed by atoms with E-state index in [0.717, 1.165) is 41.6 Å². The van der Waals surface area contributed by atoms with Crippen molar-refractivity contribution in [2.24, 2.45) is 0 Å². The van der Waals surface area contributed by atoms with Gasteiger partial charge in [0.15, 0.2) is 5.69 Å². The number of hydrogen-bond acceptors (Lipinski definition) is 6. The average Bonchev–Trinajstić information content (AvgIpc) is 3.59. The first kappa shape index (κ1) is 27.0. The van der Waals surface area contributed by atoms with Gasteiger partial charge in [-0.2, -0.15) is 5.10 Å².